The summed E-state index contributed by atoms with van der Waals surface area (Å²) >= 11 is 0. The highest BCUT2D eigenvalue weighted by Crippen LogP contribution is 2.18. The number of rotatable bonds is 5. The van der Waals surface area contributed by atoms with Gasteiger partial charge in [-0.3, -0.25) is 14.5 Å². The molecule has 2 heterocycles. The molecule has 1 aromatic carbocycles. The Balaban J connectivity index is 1.62. The zero-order valence-electron chi connectivity index (χ0n) is 16.2. The fourth-order valence-electron chi connectivity index (χ4n) is 3.38. The number of amides is 2. The molecule has 1 aliphatic rings. The summed E-state index contributed by atoms with van der Waals surface area (Å²) < 4.78 is 2.01. The second-order valence-corrected chi connectivity index (χ2v) is 7.13. The second-order valence-electron chi connectivity index (χ2n) is 7.13. The molecule has 2 amide bonds. The van der Waals surface area contributed by atoms with E-state index in [-0.39, 0.29) is 17.9 Å². The predicted molar refractivity (Wildman–Crippen MR) is 104 cm³/mol. The standard InChI is InChI=1S/C20H27N5O2/c1-22(2)20(27)17-15-25(14-13-23(17)3)18(26)9-11-24-12-10-21-19(24)16-7-5-4-6-8-16/h4-8,10,12,17H,9,11,13-15H2,1-3H3. The number of likely N-dealkylation sites (N-methyl/N-ethyl adjacent to an activating group) is 2. The first kappa shape index (κ1) is 19.1. The zero-order chi connectivity index (χ0) is 19.4. The molecule has 0 bridgehead atoms. The Kier molecular flexibility index (Phi) is 5.91. The van der Waals surface area contributed by atoms with E-state index < -0.39 is 0 Å². The van der Waals surface area contributed by atoms with Crippen LogP contribution in [0.15, 0.2) is 42.7 Å². The molecule has 1 atom stereocenters. The molecule has 7 heteroatoms. The molecule has 1 aliphatic heterocycles. The third-order valence-electron chi connectivity index (χ3n) is 5.04. The molecule has 1 fully saturated rings. The SMILES string of the molecule is CN(C)C(=O)C1CN(C(=O)CCn2ccnc2-c2ccccc2)CCN1C. The van der Waals surface area contributed by atoms with E-state index in [0.717, 1.165) is 11.4 Å². The molecule has 7 nitrogen and oxygen atoms in total. The van der Waals surface area contributed by atoms with Gasteiger partial charge >= 0.3 is 0 Å². The topological polar surface area (TPSA) is 61.7 Å². The first-order valence-electron chi connectivity index (χ1n) is 9.23. The summed E-state index contributed by atoms with van der Waals surface area (Å²) in [4.78, 5) is 34.9. The second kappa shape index (κ2) is 8.35. The van der Waals surface area contributed by atoms with Crippen LogP contribution in [0.1, 0.15) is 6.42 Å². The van der Waals surface area contributed by atoms with E-state index in [2.05, 4.69) is 4.98 Å². The van der Waals surface area contributed by atoms with Gasteiger partial charge in [0.2, 0.25) is 11.8 Å². The maximum absolute atomic E-state index is 12.7. The highest BCUT2D eigenvalue weighted by molar-refractivity contribution is 5.83. The van der Waals surface area contributed by atoms with Crippen molar-refractivity contribution in [2.75, 3.05) is 40.8 Å². The first-order valence-corrected chi connectivity index (χ1v) is 9.23. The van der Waals surface area contributed by atoms with Gasteiger partial charge in [-0.1, -0.05) is 30.3 Å². The third kappa shape index (κ3) is 4.36. The molecule has 0 saturated carbocycles. The fourth-order valence-corrected chi connectivity index (χ4v) is 3.38. The van der Waals surface area contributed by atoms with Crippen LogP contribution < -0.4 is 0 Å². The number of piperazine rings is 1. The van der Waals surface area contributed by atoms with Crippen LogP contribution in [0.3, 0.4) is 0 Å². The zero-order valence-corrected chi connectivity index (χ0v) is 16.2. The molecular formula is C20H27N5O2. The quantitative estimate of drug-likeness (QED) is 0.794. The van der Waals surface area contributed by atoms with Crippen LogP contribution >= 0.6 is 0 Å². The molecule has 144 valence electrons. The highest BCUT2D eigenvalue weighted by Gasteiger charge is 2.32. The lowest BCUT2D eigenvalue weighted by Gasteiger charge is -2.39. The minimum atomic E-state index is -0.272. The van der Waals surface area contributed by atoms with Gasteiger partial charge in [-0.2, -0.15) is 0 Å². The normalized spacial score (nSPS) is 17.7. The van der Waals surface area contributed by atoms with Crippen LogP contribution in [0.4, 0.5) is 0 Å². The van der Waals surface area contributed by atoms with E-state index in [1.807, 2.05) is 57.9 Å². The summed E-state index contributed by atoms with van der Waals surface area (Å²) in [7, 11) is 5.44. The predicted octanol–water partition coefficient (Wildman–Crippen LogP) is 1.17. The molecule has 0 N–H and O–H groups in total. The maximum Gasteiger partial charge on any atom is 0.241 e. The molecule has 27 heavy (non-hydrogen) atoms. The average molecular weight is 369 g/mol. The first-order chi connectivity index (χ1) is 13.0. The van der Waals surface area contributed by atoms with Crippen molar-refractivity contribution in [2.45, 2.75) is 19.0 Å². The maximum atomic E-state index is 12.7. The van der Waals surface area contributed by atoms with Gasteiger partial charge in [0.25, 0.3) is 0 Å². The number of carbonyl (C=O) groups excluding carboxylic acids is 2. The Morgan fingerprint density at radius 1 is 1.19 bits per heavy atom. The van der Waals surface area contributed by atoms with Crippen LogP contribution in [0, 0.1) is 0 Å². The van der Waals surface area contributed by atoms with Crippen LogP contribution in [0.25, 0.3) is 11.4 Å². The number of hydrogen-bond acceptors (Lipinski definition) is 4. The van der Waals surface area contributed by atoms with Crippen molar-refractivity contribution < 1.29 is 9.59 Å². The van der Waals surface area contributed by atoms with Crippen LogP contribution in [-0.2, 0) is 16.1 Å². The number of hydrogen-bond donors (Lipinski definition) is 0. The minimum absolute atomic E-state index is 0.0379. The van der Waals surface area contributed by atoms with Crippen molar-refractivity contribution in [2.24, 2.45) is 0 Å². The largest absolute Gasteiger partial charge is 0.347 e. The molecular weight excluding hydrogens is 342 g/mol. The van der Waals surface area contributed by atoms with Crippen LogP contribution in [0.2, 0.25) is 0 Å². The van der Waals surface area contributed by atoms with E-state index in [4.69, 9.17) is 0 Å². The van der Waals surface area contributed by atoms with Gasteiger partial charge in [0.1, 0.15) is 11.9 Å². The van der Waals surface area contributed by atoms with E-state index in [1.165, 1.54) is 0 Å². The molecule has 3 rings (SSSR count). The van der Waals surface area contributed by atoms with Crippen molar-refractivity contribution in [1.29, 1.82) is 0 Å². The summed E-state index contributed by atoms with van der Waals surface area (Å²) in [5.74, 6) is 0.978. The summed E-state index contributed by atoms with van der Waals surface area (Å²) in [6.07, 6.45) is 4.05. The summed E-state index contributed by atoms with van der Waals surface area (Å²) in [6.45, 7) is 2.38. The summed E-state index contributed by atoms with van der Waals surface area (Å²) in [5.41, 5.74) is 1.03. The number of carbonyl (C=O) groups is 2. The monoisotopic (exact) mass is 369 g/mol. The van der Waals surface area contributed by atoms with Gasteiger partial charge in [0.05, 0.1) is 0 Å². The van der Waals surface area contributed by atoms with E-state index in [9.17, 15) is 9.59 Å². The van der Waals surface area contributed by atoms with Crippen LogP contribution in [0.5, 0.6) is 0 Å². The Labute approximate surface area is 160 Å². The Bertz CT molecular complexity index is 787. The number of imidazole rings is 1. The number of aryl methyl sites for hydroxylation is 1. The Morgan fingerprint density at radius 2 is 1.93 bits per heavy atom. The lowest BCUT2D eigenvalue weighted by atomic mass is 10.1. The number of aromatic nitrogens is 2. The van der Waals surface area contributed by atoms with Gasteiger partial charge < -0.3 is 14.4 Å². The molecule has 0 radical (unpaired) electrons. The van der Waals surface area contributed by atoms with Crippen molar-refractivity contribution in [3.05, 3.63) is 42.7 Å². The van der Waals surface area contributed by atoms with Crippen molar-refractivity contribution in [3.63, 3.8) is 0 Å². The van der Waals surface area contributed by atoms with E-state index >= 15 is 0 Å². The molecule has 1 saturated heterocycles. The molecule has 2 aromatic rings. The van der Waals surface area contributed by atoms with Crippen molar-refractivity contribution >= 4 is 11.8 Å². The molecule has 0 aliphatic carbocycles. The lowest BCUT2D eigenvalue weighted by molar-refractivity contribution is -0.141. The number of nitrogens with zero attached hydrogens (tertiary/aromatic N) is 5. The van der Waals surface area contributed by atoms with Crippen LogP contribution in [-0.4, -0.2) is 82.9 Å². The fraction of sp³-hybridized carbons (Fsp3) is 0.450. The van der Waals surface area contributed by atoms with Crippen molar-refractivity contribution in [1.82, 2.24) is 24.3 Å². The van der Waals surface area contributed by atoms with Gasteiger partial charge in [-0.25, -0.2) is 4.98 Å². The summed E-state index contributed by atoms with van der Waals surface area (Å²) in [6, 6.07) is 9.68. The number of benzene rings is 1. The third-order valence-corrected chi connectivity index (χ3v) is 5.04. The van der Waals surface area contributed by atoms with Gasteiger partial charge in [-0.05, 0) is 7.05 Å². The smallest absolute Gasteiger partial charge is 0.241 e. The minimum Gasteiger partial charge on any atom is -0.347 e. The van der Waals surface area contributed by atoms with Gasteiger partial charge in [-0.15, -0.1) is 0 Å². The Hall–Kier alpha value is -2.67. The van der Waals surface area contributed by atoms with Crippen molar-refractivity contribution in [3.8, 4) is 11.4 Å². The lowest BCUT2D eigenvalue weighted by Crippen LogP contribution is -2.58. The summed E-state index contributed by atoms with van der Waals surface area (Å²) in [5, 5.41) is 0. The average Bonchev–Trinajstić information content (AvgIpc) is 3.15. The van der Waals surface area contributed by atoms with Gasteiger partial charge in [0.15, 0.2) is 0 Å². The van der Waals surface area contributed by atoms with E-state index in [1.54, 1.807) is 25.2 Å². The Morgan fingerprint density at radius 3 is 2.63 bits per heavy atom. The molecule has 1 aromatic heterocycles. The molecule has 0 spiro atoms. The molecule has 1 unspecified atom stereocenters. The van der Waals surface area contributed by atoms with Gasteiger partial charge in [0, 0.05) is 64.7 Å². The highest BCUT2D eigenvalue weighted by atomic mass is 16.2. The van der Waals surface area contributed by atoms with E-state index in [0.29, 0.717) is 32.6 Å².